The number of hydrogen-bond donors (Lipinski definition) is 1. The van der Waals surface area contributed by atoms with Crippen molar-refractivity contribution in [1.82, 2.24) is 0 Å². The highest BCUT2D eigenvalue weighted by Gasteiger charge is 2.25. The van der Waals surface area contributed by atoms with Crippen molar-refractivity contribution in [3.8, 4) is 0 Å². The van der Waals surface area contributed by atoms with E-state index in [4.69, 9.17) is 5.73 Å². The van der Waals surface area contributed by atoms with Gasteiger partial charge >= 0.3 is 0 Å². The fourth-order valence-electron chi connectivity index (χ4n) is 2.47. The molecule has 1 saturated carbocycles. The minimum atomic E-state index is -0.887. The summed E-state index contributed by atoms with van der Waals surface area (Å²) in [6.45, 7) is 4.25. The first kappa shape index (κ1) is 12.6. The van der Waals surface area contributed by atoms with Crippen LogP contribution in [0.1, 0.15) is 38.2 Å². The molecule has 0 saturated heterocycles. The molecule has 0 spiro atoms. The summed E-state index contributed by atoms with van der Waals surface area (Å²) in [6, 6.07) is 5.74. The van der Waals surface area contributed by atoms with Gasteiger partial charge in [0.25, 0.3) is 0 Å². The standard InChI is InChI=1S/C14H21NOS/c1-10-6-8-12(9-7-10)17(16)14-5-3-4-13(15)11(14)2/h3-5,10,12H,6-9,15H2,1-2H3. The first-order valence-corrected chi connectivity index (χ1v) is 7.56. The number of anilines is 1. The molecule has 1 aliphatic rings. The highest BCUT2D eigenvalue weighted by Crippen LogP contribution is 2.31. The average Bonchev–Trinajstić information content (AvgIpc) is 2.33. The minimum absolute atomic E-state index is 0.326. The van der Waals surface area contributed by atoms with Crippen LogP contribution in [-0.2, 0) is 10.8 Å². The van der Waals surface area contributed by atoms with Crippen LogP contribution in [0.5, 0.6) is 0 Å². The van der Waals surface area contributed by atoms with Gasteiger partial charge in [-0.25, -0.2) is 0 Å². The van der Waals surface area contributed by atoms with Crippen LogP contribution in [0.15, 0.2) is 23.1 Å². The lowest BCUT2D eigenvalue weighted by Gasteiger charge is -2.26. The Hall–Kier alpha value is -0.830. The van der Waals surface area contributed by atoms with Gasteiger partial charge in [0.05, 0.1) is 10.8 Å². The van der Waals surface area contributed by atoms with Crippen molar-refractivity contribution in [2.45, 2.75) is 49.7 Å². The number of benzene rings is 1. The van der Waals surface area contributed by atoms with Gasteiger partial charge in [0.2, 0.25) is 0 Å². The lowest BCUT2D eigenvalue weighted by atomic mass is 9.91. The maximum absolute atomic E-state index is 12.5. The third-order valence-electron chi connectivity index (χ3n) is 3.81. The van der Waals surface area contributed by atoms with Crippen molar-refractivity contribution in [3.63, 3.8) is 0 Å². The smallest absolute Gasteiger partial charge is 0.0564 e. The molecule has 1 aromatic carbocycles. The van der Waals surface area contributed by atoms with Gasteiger partial charge in [-0.2, -0.15) is 0 Å². The van der Waals surface area contributed by atoms with Crippen LogP contribution in [0, 0.1) is 12.8 Å². The maximum atomic E-state index is 12.5. The third kappa shape index (κ3) is 2.71. The van der Waals surface area contributed by atoms with Gasteiger partial charge in [0.15, 0.2) is 0 Å². The number of rotatable bonds is 2. The van der Waals surface area contributed by atoms with Crippen LogP contribution in [-0.4, -0.2) is 9.46 Å². The lowest BCUT2D eigenvalue weighted by Crippen LogP contribution is -2.22. The summed E-state index contributed by atoms with van der Waals surface area (Å²) in [5.74, 6) is 0.796. The molecule has 0 heterocycles. The van der Waals surface area contributed by atoms with Gasteiger partial charge in [-0.3, -0.25) is 4.21 Å². The largest absolute Gasteiger partial charge is 0.398 e. The zero-order valence-electron chi connectivity index (χ0n) is 10.6. The summed E-state index contributed by atoms with van der Waals surface area (Å²) >= 11 is 0. The van der Waals surface area contributed by atoms with E-state index in [1.165, 1.54) is 12.8 Å². The molecule has 2 nitrogen and oxygen atoms in total. The van der Waals surface area contributed by atoms with Crippen molar-refractivity contribution in [3.05, 3.63) is 23.8 Å². The Bertz CT molecular complexity index is 422. The van der Waals surface area contributed by atoms with E-state index >= 15 is 0 Å². The lowest BCUT2D eigenvalue weighted by molar-refractivity contribution is 0.389. The van der Waals surface area contributed by atoms with E-state index in [-0.39, 0.29) is 0 Å². The molecule has 1 aliphatic carbocycles. The van der Waals surface area contributed by atoms with E-state index in [0.717, 1.165) is 34.9 Å². The second-order valence-corrected chi connectivity index (χ2v) is 6.85. The Balaban J connectivity index is 2.17. The van der Waals surface area contributed by atoms with Crippen LogP contribution in [0.3, 0.4) is 0 Å². The van der Waals surface area contributed by atoms with Crippen LogP contribution in [0.2, 0.25) is 0 Å². The van der Waals surface area contributed by atoms with E-state index in [9.17, 15) is 4.21 Å². The molecule has 3 heteroatoms. The van der Waals surface area contributed by atoms with Crippen molar-refractivity contribution >= 4 is 16.5 Å². The van der Waals surface area contributed by atoms with Gasteiger partial charge in [-0.15, -0.1) is 0 Å². The average molecular weight is 251 g/mol. The quantitative estimate of drug-likeness (QED) is 0.820. The van der Waals surface area contributed by atoms with Gasteiger partial charge < -0.3 is 5.73 Å². The Morgan fingerprint density at radius 1 is 1.24 bits per heavy atom. The second kappa shape index (κ2) is 5.21. The second-order valence-electron chi connectivity index (χ2n) is 5.15. The van der Waals surface area contributed by atoms with Crippen LogP contribution in [0.25, 0.3) is 0 Å². The van der Waals surface area contributed by atoms with Gasteiger partial charge in [-0.1, -0.05) is 13.0 Å². The van der Waals surface area contributed by atoms with Crippen molar-refractivity contribution in [1.29, 1.82) is 0 Å². The topological polar surface area (TPSA) is 43.1 Å². The van der Waals surface area contributed by atoms with Gasteiger partial charge in [0.1, 0.15) is 0 Å². The molecule has 94 valence electrons. The van der Waals surface area contributed by atoms with E-state index in [0.29, 0.717) is 5.25 Å². The molecule has 1 atom stereocenters. The molecule has 2 rings (SSSR count). The molecule has 0 aliphatic heterocycles. The fraction of sp³-hybridized carbons (Fsp3) is 0.571. The normalized spacial score (nSPS) is 26.7. The van der Waals surface area contributed by atoms with Crippen molar-refractivity contribution < 1.29 is 4.21 Å². The molecule has 1 fully saturated rings. The highest BCUT2D eigenvalue weighted by atomic mass is 32.2. The van der Waals surface area contributed by atoms with Crippen molar-refractivity contribution in [2.75, 3.05) is 5.73 Å². The van der Waals surface area contributed by atoms with E-state index in [2.05, 4.69) is 6.92 Å². The third-order valence-corrected chi connectivity index (χ3v) is 5.76. The molecule has 0 radical (unpaired) electrons. The Labute approximate surface area is 106 Å². The minimum Gasteiger partial charge on any atom is -0.398 e. The Morgan fingerprint density at radius 3 is 2.53 bits per heavy atom. The zero-order valence-corrected chi connectivity index (χ0v) is 11.4. The predicted molar refractivity (Wildman–Crippen MR) is 73.4 cm³/mol. The molecule has 1 unspecified atom stereocenters. The monoisotopic (exact) mass is 251 g/mol. The summed E-state index contributed by atoms with van der Waals surface area (Å²) in [5, 5.41) is 0.326. The number of nitrogen functional groups attached to an aromatic ring is 1. The Morgan fingerprint density at radius 2 is 1.88 bits per heavy atom. The number of nitrogens with two attached hydrogens (primary N) is 1. The summed E-state index contributed by atoms with van der Waals surface area (Å²) in [5.41, 5.74) is 7.62. The van der Waals surface area contributed by atoms with E-state index in [1.807, 2.05) is 25.1 Å². The molecule has 0 amide bonds. The zero-order chi connectivity index (χ0) is 12.4. The molecular formula is C14H21NOS. The first-order chi connectivity index (χ1) is 8.09. The van der Waals surface area contributed by atoms with E-state index in [1.54, 1.807) is 0 Å². The summed E-state index contributed by atoms with van der Waals surface area (Å²) in [6.07, 6.45) is 4.58. The van der Waals surface area contributed by atoms with Crippen LogP contribution >= 0.6 is 0 Å². The van der Waals surface area contributed by atoms with Crippen LogP contribution in [0.4, 0.5) is 5.69 Å². The molecule has 0 aromatic heterocycles. The predicted octanol–water partition coefficient (Wildman–Crippen LogP) is 3.26. The maximum Gasteiger partial charge on any atom is 0.0564 e. The van der Waals surface area contributed by atoms with Gasteiger partial charge in [0, 0.05) is 15.8 Å². The van der Waals surface area contributed by atoms with Gasteiger partial charge in [-0.05, 0) is 56.2 Å². The number of hydrogen-bond acceptors (Lipinski definition) is 2. The summed E-state index contributed by atoms with van der Waals surface area (Å²) < 4.78 is 12.5. The van der Waals surface area contributed by atoms with E-state index < -0.39 is 10.8 Å². The molecule has 17 heavy (non-hydrogen) atoms. The highest BCUT2D eigenvalue weighted by molar-refractivity contribution is 7.85. The van der Waals surface area contributed by atoms with Crippen molar-refractivity contribution in [2.24, 2.45) is 5.92 Å². The first-order valence-electron chi connectivity index (χ1n) is 6.35. The molecule has 0 bridgehead atoms. The SMILES string of the molecule is Cc1c(N)cccc1S(=O)C1CCC(C)CC1. The fourth-order valence-corrected chi connectivity index (χ4v) is 4.16. The Kier molecular flexibility index (Phi) is 3.87. The van der Waals surface area contributed by atoms with Crippen LogP contribution < -0.4 is 5.73 Å². The summed E-state index contributed by atoms with van der Waals surface area (Å²) in [4.78, 5) is 0.935. The molecular weight excluding hydrogens is 230 g/mol. The summed E-state index contributed by atoms with van der Waals surface area (Å²) in [7, 11) is -0.887. The molecule has 1 aromatic rings. The molecule has 2 N–H and O–H groups in total.